The van der Waals surface area contributed by atoms with Crippen molar-refractivity contribution in [1.29, 1.82) is 0 Å². The van der Waals surface area contributed by atoms with Gasteiger partial charge < -0.3 is 10.8 Å². The molecule has 1 fully saturated rings. The van der Waals surface area contributed by atoms with Gasteiger partial charge in [-0.15, -0.1) is 0 Å². The van der Waals surface area contributed by atoms with E-state index < -0.39 is 0 Å². The summed E-state index contributed by atoms with van der Waals surface area (Å²) in [7, 11) is 0. The summed E-state index contributed by atoms with van der Waals surface area (Å²) in [6.07, 6.45) is 1.86. The summed E-state index contributed by atoms with van der Waals surface area (Å²) >= 11 is 0. The zero-order valence-electron chi connectivity index (χ0n) is 8.90. The van der Waals surface area contributed by atoms with E-state index in [0.717, 1.165) is 19.4 Å². The third-order valence-electron chi connectivity index (χ3n) is 3.19. The van der Waals surface area contributed by atoms with E-state index in [9.17, 15) is 5.11 Å². The summed E-state index contributed by atoms with van der Waals surface area (Å²) < 4.78 is 0. The molecule has 3 nitrogen and oxygen atoms in total. The molecule has 0 aromatic carbocycles. The highest BCUT2D eigenvalue weighted by Crippen LogP contribution is 2.19. The molecule has 1 rings (SSSR count). The van der Waals surface area contributed by atoms with E-state index in [4.69, 9.17) is 5.73 Å². The van der Waals surface area contributed by atoms with Crippen LogP contribution in [0.25, 0.3) is 0 Å². The van der Waals surface area contributed by atoms with Gasteiger partial charge in [0.2, 0.25) is 0 Å². The summed E-state index contributed by atoms with van der Waals surface area (Å²) in [4.78, 5) is 2.36. The van der Waals surface area contributed by atoms with Crippen LogP contribution < -0.4 is 5.73 Å². The van der Waals surface area contributed by atoms with Crippen LogP contribution in [-0.2, 0) is 0 Å². The predicted octanol–water partition coefficient (Wildman–Crippen LogP) is 0.567. The molecule has 3 N–H and O–H groups in total. The average molecular weight is 186 g/mol. The van der Waals surface area contributed by atoms with Crippen molar-refractivity contribution in [2.75, 3.05) is 6.54 Å². The van der Waals surface area contributed by atoms with Gasteiger partial charge in [-0.05, 0) is 33.6 Å². The second kappa shape index (κ2) is 4.40. The first-order valence-corrected chi connectivity index (χ1v) is 5.21. The van der Waals surface area contributed by atoms with Crippen molar-refractivity contribution in [3.05, 3.63) is 0 Å². The molecule has 1 saturated heterocycles. The number of nitrogens with zero attached hydrogens (tertiary/aromatic N) is 1. The predicted molar refractivity (Wildman–Crippen MR) is 54.5 cm³/mol. The third-order valence-corrected chi connectivity index (χ3v) is 3.19. The summed E-state index contributed by atoms with van der Waals surface area (Å²) in [5.74, 6) is 0. The van der Waals surface area contributed by atoms with Crippen molar-refractivity contribution in [3.8, 4) is 0 Å². The fraction of sp³-hybridized carbons (Fsp3) is 1.00. The lowest BCUT2D eigenvalue weighted by atomic mass is 9.96. The molecule has 1 heterocycles. The van der Waals surface area contributed by atoms with E-state index in [2.05, 4.69) is 18.7 Å². The molecular formula is C10H22N2O. The molecule has 0 radical (unpaired) electrons. The molecule has 13 heavy (non-hydrogen) atoms. The number of piperidine rings is 1. The Morgan fingerprint density at radius 3 is 2.54 bits per heavy atom. The maximum atomic E-state index is 9.48. The van der Waals surface area contributed by atoms with Crippen LogP contribution in [0, 0.1) is 0 Å². The fourth-order valence-corrected chi connectivity index (χ4v) is 2.11. The molecule has 4 unspecified atom stereocenters. The van der Waals surface area contributed by atoms with E-state index in [1.807, 2.05) is 6.92 Å². The average Bonchev–Trinajstić information content (AvgIpc) is 2.03. The first-order chi connectivity index (χ1) is 6.02. The Balaban J connectivity index is 2.50. The lowest BCUT2D eigenvalue weighted by Gasteiger charge is -2.41. The van der Waals surface area contributed by atoms with Crippen LogP contribution in [0.15, 0.2) is 0 Å². The molecule has 1 aliphatic heterocycles. The minimum Gasteiger partial charge on any atom is -0.392 e. The van der Waals surface area contributed by atoms with Crippen molar-refractivity contribution >= 4 is 0 Å². The second-order valence-electron chi connectivity index (χ2n) is 4.35. The van der Waals surface area contributed by atoms with Crippen molar-refractivity contribution in [1.82, 2.24) is 4.90 Å². The highest BCUT2D eigenvalue weighted by Gasteiger charge is 2.28. The highest BCUT2D eigenvalue weighted by molar-refractivity contribution is 4.85. The van der Waals surface area contributed by atoms with Gasteiger partial charge in [-0.25, -0.2) is 0 Å². The van der Waals surface area contributed by atoms with Crippen molar-refractivity contribution in [3.63, 3.8) is 0 Å². The van der Waals surface area contributed by atoms with Crippen LogP contribution in [0.1, 0.15) is 33.6 Å². The molecule has 0 saturated carbocycles. The van der Waals surface area contributed by atoms with E-state index in [1.165, 1.54) is 0 Å². The van der Waals surface area contributed by atoms with E-state index >= 15 is 0 Å². The molecule has 4 atom stereocenters. The van der Waals surface area contributed by atoms with E-state index in [-0.39, 0.29) is 12.1 Å². The quantitative estimate of drug-likeness (QED) is 0.663. The Bertz CT molecular complexity index is 161. The molecule has 1 aliphatic rings. The number of aliphatic hydroxyl groups excluding tert-OH is 1. The minimum absolute atomic E-state index is 0.252. The molecule has 78 valence electrons. The Labute approximate surface area is 80.9 Å². The maximum Gasteiger partial charge on any atom is 0.0664 e. The van der Waals surface area contributed by atoms with E-state index in [0.29, 0.717) is 12.1 Å². The fourth-order valence-electron chi connectivity index (χ4n) is 2.11. The van der Waals surface area contributed by atoms with Crippen LogP contribution in [0.3, 0.4) is 0 Å². The number of nitrogens with two attached hydrogens (primary N) is 1. The largest absolute Gasteiger partial charge is 0.392 e. The lowest BCUT2D eigenvalue weighted by molar-refractivity contribution is 0.0265. The first-order valence-electron chi connectivity index (χ1n) is 5.21. The number of aliphatic hydroxyl groups is 1. The molecular weight excluding hydrogens is 164 g/mol. The summed E-state index contributed by atoms with van der Waals surface area (Å²) in [6, 6.07) is 1.11. The topological polar surface area (TPSA) is 49.5 Å². The molecule has 0 aromatic heterocycles. The summed E-state index contributed by atoms with van der Waals surface area (Å²) in [5, 5.41) is 9.48. The molecule has 0 aliphatic carbocycles. The van der Waals surface area contributed by atoms with Crippen molar-refractivity contribution < 1.29 is 5.11 Å². The number of hydrogen-bond donors (Lipinski definition) is 2. The number of hydrogen-bond acceptors (Lipinski definition) is 3. The van der Waals surface area contributed by atoms with Gasteiger partial charge in [0, 0.05) is 24.7 Å². The molecule has 0 spiro atoms. The van der Waals surface area contributed by atoms with Gasteiger partial charge in [-0.2, -0.15) is 0 Å². The van der Waals surface area contributed by atoms with Crippen molar-refractivity contribution in [2.24, 2.45) is 5.73 Å². The Kier molecular flexibility index (Phi) is 3.71. The smallest absolute Gasteiger partial charge is 0.0664 e. The van der Waals surface area contributed by atoms with Crippen LogP contribution in [-0.4, -0.2) is 40.8 Å². The van der Waals surface area contributed by atoms with E-state index in [1.54, 1.807) is 0 Å². The van der Waals surface area contributed by atoms with Crippen LogP contribution in [0.2, 0.25) is 0 Å². The Morgan fingerprint density at radius 1 is 1.46 bits per heavy atom. The standard InChI is InChI=1S/C10H22N2O/c1-7-6-10(11)4-5-12(7)8(2)9(3)13/h7-10,13H,4-6,11H2,1-3H3. The van der Waals surface area contributed by atoms with Crippen LogP contribution in [0.5, 0.6) is 0 Å². The first kappa shape index (κ1) is 11.0. The highest BCUT2D eigenvalue weighted by atomic mass is 16.3. The Hall–Kier alpha value is -0.120. The van der Waals surface area contributed by atoms with Gasteiger partial charge in [0.05, 0.1) is 6.10 Å². The lowest BCUT2D eigenvalue weighted by Crippen LogP contribution is -2.52. The van der Waals surface area contributed by atoms with Crippen molar-refractivity contribution in [2.45, 2.75) is 57.8 Å². The van der Waals surface area contributed by atoms with Gasteiger partial charge in [0.1, 0.15) is 0 Å². The van der Waals surface area contributed by atoms with Crippen LogP contribution >= 0.6 is 0 Å². The Morgan fingerprint density at radius 2 is 2.08 bits per heavy atom. The maximum absolute atomic E-state index is 9.48. The normalized spacial score (nSPS) is 35.8. The second-order valence-corrected chi connectivity index (χ2v) is 4.35. The molecule has 0 amide bonds. The number of rotatable bonds is 2. The van der Waals surface area contributed by atoms with Gasteiger partial charge in [0.25, 0.3) is 0 Å². The molecule has 0 bridgehead atoms. The van der Waals surface area contributed by atoms with Gasteiger partial charge >= 0.3 is 0 Å². The summed E-state index contributed by atoms with van der Waals surface area (Å²) in [5.41, 5.74) is 5.87. The number of likely N-dealkylation sites (tertiary alicyclic amines) is 1. The zero-order chi connectivity index (χ0) is 10.0. The summed E-state index contributed by atoms with van der Waals surface area (Å²) in [6.45, 7) is 7.15. The van der Waals surface area contributed by atoms with Crippen LogP contribution in [0.4, 0.5) is 0 Å². The van der Waals surface area contributed by atoms with Gasteiger partial charge in [-0.1, -0.05) is 0 Å². The molecule has 0 aromatic rings. The van der Waals surface area contributed by atoms with Gasteiger partial charge in [0.15, 0.2) is 0 Å². The van der Waals surface area contributed by atoms with Gasteiger partial charge in [-0.3, -0.25) is 4.90 Å². The SMILES string of the molecule is CC(O)C(C)N1CCC(N)CC1C. The zero-order valence-corrected chi connectivity index (χ0v) is 8.90. The minimum atomic E-state index is -0.253. The third kappa shape index (κ3) is 2.66. The monoisotopic (exact) mass is 186 g/mol. The molecule has 3 heteroatoms.